The Morgan fingerprint density at radius 3 is 2.16 bits per heavy atom. The molecular weight excluding hydrogens is 987 g/mol. The molecule has 4 rings (SSSR count). The Kier molecular flexibility index (Phi) is 23.6. The average Bonchev–Trinajstić information content (AvgIpc) is 4.04. The van der Waals surface area contributed by atoms with Crippen molar-refractivity contribution in [1.29, 1.82) is 0 Å². The van der Waals surface area contributed by atoms with Crippen molar-refractivity contribution in [2.24, 2.45) is 34.1 Å². The number of likely N-dealkylation sites (tertiary alicyclic amines) is 1. The number of nitrogens with zero attached hydrogens (tertiary/aromatic N) is 4. The lowest BCUT2D eigenvalue weighted by molar-refractivity contribution is -0.148. The number of ether oxygens (including phenoxy) is 3. The van der Waals surface area contributed by atoms with Gasteiger partial charge in [0.15, 0.2) is 0 Å². The number of benzene rings is 1. The first kappa shape index (κ1) is 62.4. The number of aliphatic hydroxyl groups is 1. The first-order valence-corrected chi connectivity index (χ1v) is 28.2. The molecule has 1 aliphatic carbocycles. The van der Waals surface area contributed by atoms with Gasteiger partial charge in [0.05, 0.1) is 48.8 Å². The second kappa shape index (κ2) is 28.3. The Balaban J connectivity index is 1.41. The number of aliphatic imine (C=N–C) groups is 1. The van der Waals surface area contributed by atoms with Gasteiger partial charge in [-0.2, -0.15) is 8.42 Å². The summed E-state index contributed by atoms with van der Waals surface area (Å²) in [5, 5.41) is 19.5. The van der Waals surface area contributed by atoms with Crippen LogP contribution < -0.4 is 16.0 Å². The van der Waals surface area contributed by atoms with E-state index in [1.165, 1.54) is 26.2 Å². The number of aliphatic hydroxyl groups excluding tert-OH is 1. The largest absolute Gasteiger partial charge is 0.442 e. The summed E-state index contributed by atoms with van der Waals surface area (Å²) in [4.78, 5) is 92.6. The number of nitrogens with one attached hydrogen (secondary N) is 3. The van der Waals surface area contributed by atoms with Crippen LogP contribution in [0.4, 0.5) is 4.79 Å². The highest BCUT2D eigenvalue weighted by molar-refractivity contribution is 7.87. The van der Waals surface area contributed by atoms with Crippen molar-refractivity contribution in [1.82, 2.24) is 30.7 Å². The van der Waals surface area contributed by atoms with Crippen molar-refractivity contribution in [3.8, 4) is 0 Å². The van der Waals surface area contributed by atoms with Crippen molar-refractivity contribution < 1.29 is 60.7 Å². The molecule has 12 atom stereocenters. The third-order valence-corrected chi connectivity index (χ3v) is 16.4. The van der Waals surface area contributed by atoms with E-state index < -0.39 is 112 Å². The highest BCUT2D eigenvalue weighted by Crippen LogP contribution is 2.34. The van der Waals surface area contributed by atoms with E-state index in [-0.39, 0.29) is 55.5 Å². The molecule has 4 N–H and O–H groups in total. The Labute approximate surface area is 445 Å². The van der Waals surface area contributed by atoms with Crippen LogP contribution in [0.2, 0.25) is 0 Å². The maximum atomic E-state index is 14.7. The number of likely N-dealkylation sites (N-methyl/N-ethyl adjacent to an activating group) is 2. The zero-order valence-corrected chi connectivity index (χ0v) is 47.4. The van der Waals surface area contributed by atoms with Crippen molar-refractivity contribution in [3.63, 3.8) is 0 Å². The highest BCUT2D eigenvalue weighted by Gasteiger charge is 2.44. The van der Waals surface area contributed by atoms with Crippen LogP contribution in [0, 0.1) is 29.1 Å². The number of methoxy groups -OCH3 is 2. The summed E-state index contributed by atoms with van der Waals surface area (Å²) >= 11 is 0. The summed E-state index contributed by atoms with van der Waals surface area (Å²) in [5.74, 6) is -3.69. The summed E-state index contributed by atoms with van der Waals surface area (Å²) in [6.07, 6.45) is 3.26. The predicted octanol–water partition coefficient (Wildman–Crippen LogP) is 4.76. The molecule has 0 saturated carbocycles. The van der Waals surface area contributed by atoms with E-state index in [1.54, 1.807) is 69.7 Å². The summed E-state index contributed by atoms with van der Waals surface area (Å²) in [6.45, 7) is 17.0. The molecule has 2 heterocycles. The fraction of sp³-hybridized carbons (Fsp3) is 0.722. The number of carbonyl (C=O) groups is 6. The predicted molar refractivity (Wildman–Crippen MR) is 284 cm³/mol. The van der Waals surface area contributed by atoms with E-state index in [4.69, 9.17) is 18.4 Å². The van der Waals surface area contributed by atoms with Gasteiger partial charge in [-0.15, -0.1) is 0 Å². The van der Waals surface area contributed by atoms with E-state index in [0.717, 1.165) is 0 Å². The Morgan fingerprint density at radius 1 is 0.907 bits per heavy atom. The Morgan fingerprint density at radius 2 is 1.57 bits per heavy atom. The lowest BCUT2D eigenvalue weighted by Gasteiger charge is -2.41. The number of allylic oxidation sites excluding steroid dienone is 1. The van der Waals surface area contributed by atoms with E-state index in [1.807, 2.05) is 52.0 Å². The lowest BCUT2D eigenvalue weighted by Crippen LogP contribution is -2.60. The van der Waals surface area contributed by atoms with Crippen molar-refractivity contribution >= 4 is 51.6 Å². The first-order valence-electron chi connectivity index (χ1n) is 26.6. The van der Waals surface area contributed by atoms with Gasteiger partial charge in [0.1, 0.15) is 30.5 Å². The molecule has 75 heavy (non-hydrogen) atoms. The molecule has 6 amide bonds. The fourth-order valence-corrected chi connectivity index (χ4v) is 11.2. The molecule has 1 aromatic rings. The molecule has 0 bridgehead atoms. The number of hydrogen-bond acceptors (Lipinski definition) is 14. The van der Waals surface area contributed by atoms with Crippen LogP contribution in [0.25, 0.3) is 0 Å². The molecular formula is C54H87N7O13S. The molecule has 0 unspecified atom stereocenters. The van der Waals surface area contributed by atoms with Gasteiger partial charge in [-0.05, 0) is 74.8 Å². The Hall–Kier alpha value is -5.12. The molecule has 0 aromatic heterocycles. The SMILES string of the molecule is CC[C@H](C)[C@@H]([C@@H](CC(=O)N1CCC[C@H]1[C@H](OC)[C@@H](C)C(=O)N[C@H](C)[C@@H](O)c1ccccc1)OC)N(C)C(=O)[C@@H](NC(=O)[C@H](C(C)C)N(C)C(=O)O[C@H]1/C=C/CC[C@@](C)(C(=O)NCCS(=O)(=O)OC2=NC2)CC1)C(C)C. The van der Waals surface area contributed by atoms with Crippen LogP contribution in [0.3, 0.4) is 0 Å². The van der Waals surface area contributed by atoms with Gasteiger partial charge >= 0.3 is 16.2 Å². The highest BCUT2D eigenvalue weighted by atomic mass is 32.2. The van der Waals surface area contributed by atoms with Crippen LogP contribution in [0.15, 0.2) is 47.5 Å². The molecule has 1 fully saturated rings. The maximum absolute atomic E-state index is 14.7. The van der Waals surface area contributed by atoms with Crippen LogP contribution in [0.1, 0.15) is 125 Å². The van der Waals surface area contributed by atoms with Gasteiger partial charge in [-0.25, -0.2) is 9.79 Å². The average molecular weight is 1070 g/mol. The molecule has 422 valence electrons. The first-order chi connectivity index (χ1) is 35.3. The minimum atomic E-state index is -3.88. The van der Waals surface area contributed by atoms with Crippen LogP contribution in [-0.4, -0.2) is 172 Å². The maximum Gasteiger partial charge on any atom is 0.410 e. The van der Waals surface area contributed by atoms with Gasteiger partial charge in [-0.1, -0.05) is 98.2 Å². The number of rotatable bonds is 26. The number of amides is 6. The quantitative estimate of drug-likeness (QED) is 0.0723. The van der Waals surface area contributed by atoms with E-state index >= 15 is 0 Å². The smallest absolute Gasteiger partial charge is 0.410 e. The molecule has 20 nitrogen and oxygen atoms in total. The number of hydrogen-bond donors (Lipinski definition) is 4. The van der Waals surface area contributed by atoms with Crippen LogP contribution in [-0.2, 0) is 52.5 Å². The molecule has 21 heteroatoms. The molecule has 1 aromatic carbocycles. The molecule has 3 aliphatic rings. The third-order valence-electron chi connectivity index (χ3n) is 15.2. The zero-order chi connectivity index (χ0) is 55.9. The molecule has 0 radical (unpaired) electrons. The summed E-state index contributed by atoms with van der Waals surface area (Å²) < 4.78 is 47.1. The molecule has 0 spiro atoms. The van der Waals surface area contributed by atoms with Crippen LogP contribution >= 0.6 is 0 Å². The molecule has 2 aliphatic heterocycles. The Bertz CT molecular complexity index is 2260. The van der Waals surface area contributed by atoms with Crippen molar-refractivity contribution in [3.05, 3.63) is 48.0 Å². The lowest BCUT2D eigenvalue weighted by atomic mass is 9.78. The van der Waals surface area contributed by atoms with E-state index in [0.29, 0.717) is 50.6 Å². The topological polar surface area (TPSA) is 252 Å². The summed E-state index contributed by atoms with van der Waals surface area (Å²) in [7, 11) is 2.27. The minimum Gasteiger partial charge on any atom is -0.442 e. The summed E-state index contributed by atoms with van der Waals surface area (Å²) in [6, 6.07) is 5.41. The number of carbonyl (C=O) groups excluding carboxylic acids is 6. The fourth-order valence-electron chi connectivity index (χ4n) is 10.3. The van der Waals surface area contributed by atoms with Gasteiger partial charge < -0.3 is 49.3 Å². The van der Waals surface area contributed by atoms with Crippen molar-refractivity contribution in [2.45, 2.75) is 168 Å². The van der Waals surface area contributed by atoms with Crippen LogP contribution in [0.5, 0.6) is 0 Å². The monoisotopic (exact) mass is 1070 g/mol. The van der Waals surface area contributed by atoms with Gasteiger partial charge in [-0.3, -0.25) is 28.9 Å². The second-order valence-electron chi connectivity index (χ2n) is 21.6. The van der Waals surface area contributed by atoms with Gasteiger partial charge in [0, 0.05) is 46.8 Å². The third kappa shape index (κ3) is 17.2. The normalized spacial score (nSPS) is 22.8. The standard InChI is InChI=1S/C54H87N7O13S/c1-14-35(6)46(41(71-12)31-43(62)61-29-20-24-40(61)48(72-13)36(7)49(64)57-37(8)47(63)38-21-16-15-17-22-38)59(10)51(66)44(33(2)3)58-50(65)45(34(4)5)60(11)53(68)73-39-23-18-19-26-54(9,27-25-39)52(67)55-28-30-75(69,70)74-42-32-56-42/h15-18,21-23,33-37,39-41,44-48,63H,14,19-20,24-32H2,1-13H3,(H,55,67)(H,57,64)(H,58,65)/b23-18+/t35-,36+,37+,39-,40-,41+,44-,45-,46-,47+,48+,54+/m0/s1. The zero-order valence-electron chi connectivity index (χ0n) is 46.6. The van der Waals surface area contributed by atoms with E-state index in [9.17, 15) is 42.3 Å². The van der Waals surface area contributed by atoms with Gasteiger partial charge in [0.2, 0.25) is 35.4 Å². The minimum absolute atomic E-state index is 0.0695. The van der Waals surface area contributed by atoms with E-state index in [2.05, 4.69) is 20.9 Å². The van der Waals surface area contributed by atoms with Gasteiger partial charge in [0.25, 0.3) is 0 Å². The van der Waals surface area contributed by atoms with Crippen molar-refractivity contribution in [2.75, 3.05) is 53.7 Å². The summed E-state index contributed by atoms with van der Waals surface area (Å²) in [5.41, 5.74) is -0.206. The molecule has 1 saturated heterocycles. The second-order valence-corrected chi connectivity index (χ2v) is 23.3.